The van der Waals surface area contributed by atoms with E-state index in [-0.39, 0.29) is 6.04 Å². The molecule has 2 aliphatic heterocycles. The Bertz CT molecular complexity index is 693. The van der Waals surface area contributed by atoms with Crippen LogP contribution in [0.3, 0.4) is 0 Å². The van der Waals surface area contributed by atoms with Gasteiger partial charge in [-0.1, -0.05) is 30.3 Å². The van der Waals surface area contributed by atoms with Crippen LogP contribution in [-0.4, -0.2) is 62.6 Å². The third kappa shape index (κ3) is 4.06. The highest BCUT2D eigenvalue weighted by Crippen LogP contribution is 2.37. The predicted molar refractivity (Wildman–Crippen MR) is 96.2 cm³/mol. The monoisotopic (exact) mass is 365 g/mol. The van der Waals surface area contributed by atoms with Gasteiger partial charge in [0, 0.05) is 38.8 Å². The average molecular weight is 365 g/mol. The van der Waals surface area contributed by atoms with Gasteiger partial charge in [0.15, 0.2) is 0 Å². The van der Waals surface area contributed by atoms with E-state index in [0.29, 0.717) is 18.7 Å². The second kappa shape index (κ2) is 6.96. The minimum absolute atomic E-state index is 0.0326. The van der Waals surface area contributed by atoms with Crippen molar-refractivity contribution in [3.63, 3.8) is 0 Å². The normalized spacial score (nSPS) is 30.6. The lowest BCUT2D eigenvalue weighted by Gasteiger charge is -2.35. The quantitative estimate of drug-likeness (QED) is 0.823. The zero-order valence-electron chi connectivity index (χ0n) is 14.7. The van der Waals surface area contributed by atoms with Crippen molar-refractivity contribution < 1.29 is 13.2 Å². The first kappa shape index (κ1) is 17.4. The molecule has 4 rings (SSSR count). The van der Waals surface area contributed by atoms with Crippen LogP contribution in [0.5, 0.6) is 0 Å². The van der Waals surface area contributed by atoms with Crippen LogP contribution in [0.2, 0.25) is 0 Å². The van der Waals surface area contributed by atoms with E-state index in [1.165, 1.54) is 17.1 Å². The van der Waals surface area contributed by atoms with Gasteiger partial charge in [-0.15, -0.1) is 0 Å². The van der Waals surface area contributed by atoms with E-state index in [9.17, 15) is 8.42 Å². The molecule has 25 heavy (non-hydrogen) atoms. The van der Waals surface area contributed by atoms with Gasteiger partial charge in [-0.2, -0.15) is 17.4 Å². The van der Waals surface area contributed by atoms with Gasteiger partial charge < -0.3 is 4.74 Å². The van der Waals surface area contributed by atoms with E-state index < -0.39 is 10.2 Å². The molecule has 3 aliphatic rings. The predicted octanol–water partition coefficient (Wildman–Crippen LogP) is 1.20. The summed E-state index contributed by atoms with van der Waals surface area (Å²) in [6.07, 6.45) is 3.75. The average Bonchev–Trinajstić information content (AvgIpc) is 3.36. The lowest BCUT2D eigenvalue weighted by Crippen LogP contribution is -2.47. The van der Waals surface area contributed by atoms with Crippen LogP contribution >= 0.6 is 0 Å². The third-order valence-electron chi connectivity index (χ3n) is 5.57. The number of ether oxygens (including phenoxy) is 1. The molecule has 6 nitrogen and oxygen atoms in total. The highest BCUT2D eigenvalue weighted by molar-refractivity contribution is 7.87. The standard InChI is InChI=1S/C18H27N3O3S/c1-20(10-14-5-3-2-4-6-14)25(22,23)19-16-9-17-13-24-18(15-7-8-15)12-21(17)11-16/h2-6,15-19H,7-13H2,1H3/t16-,17-,18+/m0/s1. The summed E-state index contributed by atoms with van der Waals surface area (Å²) >= 11 is 0. The number of benzene rings is 1. The minimum atomic E-state index is -3.49. The summed E-state index contributed by atoms with van der Waals surface area (Å²) < 4.78 is 35.6. The molecule has 0 aromatic heterocycles. The smallest absolute Gasteiger partial charge is 0.279 e. The second-order valence-corrected chi connectivity index (χ2v) is 9.42. The van der Waals surface area contributed by atoms with Gasteiger partial charge in [0.2, 0.25) is 0 Å². The van der Waals surface area contributed by atoms with Crippen LogP contribution in [0.15, 0.2) is 30.3 Å². The minimum Gasteiger partial charge on any atom is -0.375 e. The molecule has 2 heterocycles. The van der Waals surface area contributed by atoms with Gasteiger partial charge >= 0.3 is 0 Å². The molecule has 3 fully saturated rings. The number of rotatable bonds is 6. The summed E-state index contributed by atoms with van der Waals surface area (Å²) in [6, 6.07) is 9.98. The maximum atomic E-state index is 12.6. The fourth-order valence-electron chi connectivity index (χ4n) is 3.96. The Balaban J connectivity index is 1.33. The number of fused-ring (bicyclic) bond motifs is 1. The number of hydrogen-bond acceptors (Lipinski definition) is 4. The molecule has 0 amide bonds. The third-order valence-corrected chi connectivity index (χ3v) is 7.15. The molecule has 0 bridgehead atoms. The van der Waals surface area contributed by atoms with Crippen LogP contribution in [-0.2, 0) is 21.5 Å². The van der Waals surface area contributed by atoms with Crippen molar-refractivity contribution in [3.8, 4) is 0 Å². The van der Waals surface area contributed by atoms with Crippen LogP contribution < -0.4 is 4.72 Å². The lowest BCUT2D eigenvalue weighted by atomic mass is 10.1. The molecule has 1 aromatic carbocycles. The SMILES string of the molecule is CN(Cc1ccccc1)S(=O)(=O)N[C@H]1C[C@H]2CO[C@@H](C3CC3)CN2C1. The van der Waals surface area contributed by atoms with E-state index in [4.69, 9.17) is 4.74 Å². The Morgan fingerprint density at radius 1 is 1.24 bits per heavy atom. The first-order valence-corrected chi connectivity index (χ1v) is 10.6. The topological polar surface area (TPSA) is 61.9 Å². The second-order valence-electron chi connectivity index (χ2n) is 7.61. The first-order chi connectivity index (χ1) is 12.0. The highest BCUT2D eigenvalue weighted by atomic mass is 32.2. The summed E-state index contributed by atoms with van der Waals surface area (Å²) in [5.74, 6) is 0.730. The van der Waals surface area contributed by atoms with Crippen LogP contribution in [0.1, 0.15) is 24.8 Å². The molecule has 138 valence electrons. The summed E-state index contributed by atoms with van der Waals surface area (Å²) in [7, 11) is -1.86. The molecule has 1 aliphatic carbocycles. The van der Waals surface area contributed by atoms with Crippen molar-refractivity contribution in [2.45, 2.75) is 44.0 Å². The molecular weight excluding hydrogens is 338 g/mol. The molecular formula is C18H27N3O3S. The maximum Gasteiger partial charge on any atom is 0.279 e. The number of nitrogens with one attached hydrogen (secondary N) is 1. The van der Waals surface area contributed by atoms with Crippen molar-refractivity contribution in [1.82, 2.24) is 13.9 Å². The Kier molecular flexibility index (Phi) is 4.85. The molecule has 1 saturated carbocycles. The van der Waals surface area contributed by atoms with E-state index in [1.807, 2.05) is 30.3 Å². The molecule has 1 N–H and O–H groups in total. The molecule has 0 unspecified atom stereocenters. The van der Waals surface area contributed by atoms with Gasteiger partial charge in [-0.25, -0.2) is 0 Å². The fourth-order valence-corrected chi connectivity index (χ4v) is 5.06. The van der Waals surface area contributed by atoms with Gasteiger partial charge in [-0.05, 0) is 30.7 Å². The Morgan fingerprint density at radius 3 is 2.72 bits per heavy atom. The number of hydrogen-bond donors (Lipinski definition) is 1. The summed E-state index contributed by atoms with van der Waals surface area (Å²) in [5.41, 5.74) is 0.986. The number of nitrogens with zero attached hydrogens (tertiary/aromatic N) is 2. The molecule has 1 aromatic rings. The van der Waals surface area contributed by atoms with Gasteiger partial charge in [0.25, 0.3) is 10.2 Å². The van der Waals surface area contributed by atoms with Gasteiger partial charge in [0.1, 0.15) is 0 Å². The zero-order valence-corrected chi connectivity index (χ0v) is 15.5. The maximum absolute atomic E-state index is 12.6. The van der Waals surface area contributed by atoms with E-state index in [2.05, 4.69) is 9.62 Å². The molecule has 3 atom stereocenters. The summed E-state index contributed by atoms with van der Waals surface area (Å²) in [6.45, 7) is 2.85. The summed E-state index contributed by atoms with van der Waals surface area (Å²) in [4.78, 5) is 2.41. The van der Waals surface area contributed by atoms with Crippen molar-refractivity contribution in [1.29, 1.82) is 0 Å². The Morgan fingerprint density at radius 2 is 2.00 bits per heavy atom. The van der Waals surface area contributed by atoms with Gasteiger partial charge in [-0.3, -0.25) is 4.90 Å². The molecule has 2 saturated heterocycles. The van der Waals surface area contributed by atoms with Crippen molar-refractivity contribution in [3.05, 3.63) is 35.9 Å². The first-order valence-electron chi connectivity index (χ1n) is 9.14. The van der Waals surface area contributed by atoms with Crippen LogP contribution in [0.4, 0.5) is 0 Å². The zero-order chi connectivity index (χ0) is 17.4. The lowest BCUT2D eigenvalue weighted by molar-refractivity contribution is -0.0581. The highest BCUT2D eigenvalue weighted by Gasteiger charge is 2.43. The van der Waals surface area contributed by atoms with Gasteiger partial charge in [0.05, 0.1) is 12.7 Å². The number of morpholine rings is 1. The van der Waals surface area contributed by atoms with Crippen LogP contribution in [0, 0.1) is 5.92 Å². The van der Waals surface area contributed by atoms with E-state index in [0.717, 1.165) is 37.6 Å². The van der Waals surface area contributed by atoms with E-state index in [1.54, 1.807) is 7.05 Å². The summed E-state index contributed by atoms with van der Waals surface area (Å²) in [5, 5.41) is 0. The Labute approximate surface area is 150 Å². The van der Waals surface area contributed by atoms with Crippen LogP contribution in [0.25, 0.3) is 0 Å². The molecule has 0 radical (unpaired) electrons. The van der Waals surface area contributed by atoms with Crippen molar-refractivity contribution in [2.75, 3.05) is 26.7 Å². The van der Waals surface area contributed by atoms with E-state index >= 15 is 0 Å². The molecule has 0 spiro atoms. The van der Waals surface area contributed by atoms with Crippen molar-refractivity contribution in [2.24, 2.45) is 5.92 Å². The Hall–Kier alpha value is -0.990. The largest absolute Gasteiger partial charge is 0.375 e. The van der Waals surface area contributed by atoms with Crippen molar-refractivity contribution >= 4 is 10.2 Å². The fraction of sp³-hybridized carbons (Fsp3) is 0.667. The molecule has 7 heteroatoms.